The first-order chi connectivity index (χ1) is 8.56. The quantitative estimate of drug-likeness (QED) is 0.682. The van der Waals surface area contributed by atoms with Crippen LogP contribution in [-0.2, 0) is 0 Å². The lowest BCUT2D eigenvalue weighted by Gasteiger charge is -1.93. The lowest BCUT2D eigenvalue weighted by molar-refractivity contribution is -0.486. The van der Waals surface area contributed by atoms with Crippen LogP contribution < -0.4 is 4.40 Å². The predicted octanol–water partition coefficient (Wildman–Crippen LogP) is 2.96. The van der Waals surface area contributed by atoms with Crippen molar-refractivity contribution in [3.63, 3.8) is 0 Å². The number of pyridine rings is 1. The molecule has 1 aromatic carbocycles. The van der Waals surface area contributed by atoms with Gasteiger partial charge in [0.15, 0.2) is 5.69 Å². The van der Waals surface area contributed by atoms with Crippen LogP contribution in [0.15, 0.2) is 30.3 Å². The summed E-state index contributed by atoms with van der Waals surface area (Å²) in [7, 11) is 0. The average Bonchev–Trinajstić information content (AvgIpc) is 2.65. The van der Waals surface area contributed by atoms with Crippen molar-refractivity contribution in [2.24, 2.45) is 0 Å². The second-order valence-electron chi connectivity index (χ2n) is 4.44. The maximum Gasteiger partial charge on any atom is 0.335 e. The van der Waals surface area contributed by atoms with E-state index in [1.54, 1.807) is 23.5 Å². The molecule has 0 aliphatic carbocycles. The number of aromatic carboxylic acids is 1. The molecule has 0 fully saturated rings. The summed E-state index contributed by atoms with van der Waals surface area (Å²) in [5.74, 6) is -0.882. The van der Waals surface area contributed by atoms with Crippen LogP contribution in [0.2, 0.25) is 0 Å². The lowest BCUT2D eigenvalue weighted by Crippen LogP contribution is -2.23. The number of carboxylic acid groups (broad SMARTS) is 1. The molecule has 3 nitrogen and oxygen atoms in total. The molecule has 0 aliphatic rings. The fourth-order valence-electron chi connectivity index (χ4n) is 2.28. The first-order valence-corrected chi connectivity index (χ1v) is 6.47. The highest BCUT2D eigenvalue weighted by molar-refractivity contribution is 7.23. The molecule has 0 atom stereocenters. The Hall–Kier alpha value is -1.94. The number of nitrogens with zero attached hydrogens (tertiary/aromatic N) is 1. The molecule has 4 heteroatoms. The van der Waals surface area contributed by atoms with Gasteiger partial charge in [-0.3, -0.25) is 0 Å². The van der Waals surface area contributed by atoms with Gasteiger partial charge >= 0.3 is 5.97 Å². The molecule has 0 aliphatic heterocycles. The number of aromatic nitrogens is 1. The van der Waals surface area contributed by atoms with Crippen LogP contribution in [0.4, 0.5) is 0 Å². The van der Waals surface area contributed by atoms with E-state index in [9.17, 15) is 4.79 Å². The number of aryl methyl sites for hydroxylation is 2. The fourth-order valence-corrected chi connectivity index (χ4v) is 3.53. The van der Waals surface area contributed by atoms with Crippen molar-refractivity contribution >= 4 is 32.4 Å². The van der Waals surface area contributed by atoms with Gasteiger partial charge in [0.2, 0.25) is 5.52 Å². The number of carbonyl (C=O) groups is 1. The number of thiazole rings is 1. The van der Waals surface area contributed by atoms with Gasteiger partial charge in [-0.15, -0.1) is 4.40 Å². The molecule has 2 aromatic heterocycles. The van der Waals surface area contributed by atoms with Crippen LogP contribution in [-0.4, -0.2) is 11.1 Å². The fraction of sp³-hybridized carbons (Fsp3) is 0.143. The first kappa shape index (κ1) is 11.2. The van der Waals surface area contributed by atoms with Crippen molar-refractivity contribution in [3.05, 3.63) is 47.2 Å². The third-order valence-corrected chi connectivity index (χ3v) is 4.08. The van der Waals surface area contributed by atoms with Gasteiger partial charge in [-0.2, -0.15) is 0 Å². The summed E-state index contributed by atoms with van der Waals surface area (Å²) in [5.41, 5.74) is 3.79. The number of fused-ring (bicyclic) bond motifs is 3. The van der Waals surface area contributed by atoms with Gasteiger partial charge in [-0.1, -0.05) is 11.3 Å². The summed E-state index contributed by atoms with van der Waals surface area (Å²) in [4.78, 5) is 12.1. The van der Waals surface area contributed by atoms with Crippen molar-refractivity contribution < 1.29 is 14.3 Å². The number of hydrogen-bond acceptors (Lipinski definition) is 2. The maximum atomic E-state index is 11.0. The molecule has 3 rings (SSSR count). The standard InChI is InChI=1S/C14H11NO2S/c1-8-5-9(2)15-11-4-3-10(14(16)17)7-12(11)18-13(15)6-8/h3-7H,1-2H3/p+1. The Morgan fingerprint density at radius 1 is 1.22 bits per heavy atom. The van der Waals surface area contributed by atoms with E-state index in [-0.39, 0.29) is 0 Å². The van der Waals surface area contributed by atoms with Gasteiger partial charge in [-0.25, -0.2) is 4.79 Å². The Bertz CT molecular complexity index is 789. The third-order valence-electron chi connectivity index (χ3n) is 3.02. The largest absolute Gasteiger partial charge is 0.478 e. The van der Waals surface area contributed by atoms with Crippen LogP contribution in [0.3, 0.4) is 0 Å². The Kier molecular flexibility index (Phi) is 2.35. The van der Waals surface area contributed by atoms with E-state index in [0.717, 1.165) is 15.0 Å². The maximum absolute atomic E-state index is 11.0. The minimum absolute atomic E-state index is 0.337. The van der Waals surface area contributed by atoms with Crippen LogP contribution in [0.5, 0.6) is 0 Å². The summed E-state index contributed by atoms with van der Waals surface area (Å²) in [6, 6.07) is 9.53. The van der Waals surface area contributed by atoms with Gasteiger partial charge in [0, 0.05) is 25.1 Å². The van der Waals surface area contributed by atoms with E-state index in [1.165, 1.54) is 11.3 Å². The first-order valence-electron chi connectivity index (χ1n) is 5.65. The number of benzene rings is 1. The molecular formula is C14H12NO2S+. The minimum atomic E-state index is -0.882. The zero-order chi connectivity index (χ0) is 12.9. The highest BCUT2D eigenvalue weighted by Crippen LogP contribution is 2.24. The molecule has 0 unspecified atom stereocenters. The molecule has 3 aromatic rings. The van der Waals surface area contributed by atoms with Gasteiger partial charge < -0.3 is 5.11 Å². The number of carboxylic acids is 1. The predicted molar refractivity (Wildman–Crippen MR) is 71.4 cm³/mol. The topological polar surface area (TPSA) is 41.4 Å². The van der Waals surface area contributed by atoms with Crippen LogP contribution in [0.25, 0.3) is 15.0 Å². The van der Waals surface area contributed by atoms with E-state index in [0.29, 0.717) is 5.56 Å². The van der Waals surface area contributed by atoms with Crippen molar-refractivity contribution in [3.8, 4) is 0 Å². The number of hydrogen-bond donors (Lipinski definition) is 1. The Balaban J connectivity index is 2.43. The summed E-state index contributed by atoms with van der Waals surface area (Å²) in [6.07, 6.45) is 0. The average molecular weight is 258 g/mol. The van der Waals surface area contributed by atoms with Gasteiger partial charge in [-0.05, 0) is 24.6 Å². The Labute approximate surface area is 108 Å². The zero-order valence-corrected chi connectivity index (χ0v) is 10.9. The van der Waals surface area contributed by atoms with E-state index < -0.39 is 5.97 Å². The van der Waals surface area contributed by atoms with Crippen LogP contribution >= 0.6 is 11.3 Å². The molecule has 0 spiro atoms. The molecule has 0 saturated carbocycles. The van der Waals surface area contributed by atoms with E-state index in [2.05, 4.69) is 30.4 Å². The highest BCUT2D eigenvalue weighted by atomic mass is 32.1. The van der Waals surface area contributed by atoms with Crippen LogP contribution in [0.1, 0.15) is 21.6 Å². The third kappa shape index (κ3) is 1.57. The minimum Gasteiger partial charge on any atom is -0.478 e. The summed E-state index contributed by atoms with van der Waals surface area (Å²) in [6.45, 7) is 4.14. The summed E-state index contributed by atoms with van der Waals surface area (Å²) in [5, 5.41) is 9.02. The molecule has 18 heavy (non-hydrogen) atoms. The second-order valence-corrected chi connectivity index (χ2v) is 5.50. The normalized spacial score (nSPS) is 11.2. The summed E-state index contributed by atoms with van der Waals surface area (Å²) >= 11 is 1.62. The smallest absolute Gasteiger partial charge is 0.335 e. The molecule has 0 bridgehead atoms. The SMILES string of the molecule is Cc1cc(C)[n+]2c(c1)sc1cc(C(=O)O)ccc12. The van der Waals surface area contributed by atoms with Gasteiger partial charge in [0.25, 0.3) is 4.83 Å². The van der Waals surface area contributed by atoms with Gasteiger partial charge in [0.1, 0.15) is 4.70 Å². The van der Waals surface area contributed by atoms with Crippen molar-refractivity contribution in [2.75, 3.05) is 0 Å². The van der Waals surface area contributed by atoms with E-state index in [4.69, 9.17) is 5.11 Å². The Morgan fingerprint density at radius 3 is 2.72 bits per heavy atom. The number of rotatable bonds is 1. The lowest BCUT2D eigenvalue weighted by atomic mass is 10.2. The Morgan fingerprint density at radius 2 is 2.00 bits per heavy atom. The van der Waals surface area contributed by atoms with Crippen molar-refractivity contribution in [2.45, 2.75) is 13.8 Å². The molecule has 0 amide bonds. The monoisotopic (exact) mass is 258 g/mol. The zero-order valence-electron chi connectivity index (χ0n) is 10.1. The highest BCUT2D eigenvalue weighted by Gasteiger charge is 2.18. The van der Waals surface area contributed by atoms with Gasteiger partial charge in [0.05, 0.1) is 5.56 Å². The molecule has 1 N–H and O–H groups in total. The van der Waals surface area contributed by atoms with E-state index >= 15 is 0 Å². The van der Waals surface area contributed by atoms with E-state index in [1.807, 2.05) is 6.07 Å². The summed E-state index contributed by atoms with van der Waals surface area (Å²) < 4.78 is 3.17. The molecular weight excluding hydrogens is 246 g/mol. The molecule has 2 heterocycles. The molecule has 0 saturated heterocycles. The molecule has 0 radical (unpaired) electrons. The second kappa shape index (κ2) is 3.78. The van der Waals surface area contributed by atoms with Crippen molar-refractivity contribution in [1.82, 2.24) is 0 Å². The molecule has 90 valence electrons. The van der Waals surface area contributed by atoms with Crippen molar-refractivity contribution in [1.29, 1.82) is 0 Å². The van der Waals surface area contributed by atoms with Crippen LogP contribution in [0, 0.1) is 13.8 Å².